The van der Waals surface area contributed by atoms with Crippen LogP contribution in [0.3, 0.4) is 0 Å². The van der Waals surface area contributed by atoms with Crippen molar-refractivity contribution in [2.24, 2.45) is 0 Å². The monoisotopic (exact) mass is 439 g/mol. The van der Waals surface area contributed by atoms with Crippen LogP contribution in [0, 0.1) is 0 Å². The van der Waals surface area contributed by atoms with Crippen LogP contribution in [0.25, 0.3) is 0 Å². The molecule has 0 aromatic heterocycles. The van der Waals surface area contributed by atoms with Gasteiger partial charge in [-0.3, -0.25) is 9.59 Å². The number of alkyl halides is 4. The molecule has 0 saturated heterocycles. The fourth-order valence-electron chi connectivity index (χ4n) is 2.08. The van der Waals surface area contributed by atoms with Gasteiger partial charge in [-0.25, -0.2) is 0 Å². The molecule has 0 spiro atoms. The van der Waals surface area contributed by atoms with Crippen molar-refractivity contribution in [1.29, 1.82) is 0 Å². The zero-order chi connectivity index (χ0) is 20.0. The smallest absolute Gasteiger partial charge is 0.416 e. The first-order chi connectivity index (χ1) is 12.0. The van der Waals surface area contributed by atoms with E-state index in [1.807, 2.05) is 0 Å². The summed E-state index contributed by atoms with van der Waals surface area (Å²) in [6.45, 7) is 4.52. The predicted octanol–water partition coefficient (Wildman–Crippen LogP) is 3.62. The second-order valence-electron chi connectivity index (χ2n) is 6.33. The molecule has 5 nitrogen and oxygen atoms in total. The summed E-state index contributed by atoms with van der Waals surface area (Å²) in [4.78, 5) is 24.1. The summed E-state index contributed by atoms with van der Waals surface area (Å²) in [5, 5.41) is 2.60. The van der Waals surface area contributed by atoms with Crippen molar-refractivity contribution < 1.29 is 32.2 Å². The van der Waals surface area contributed by atoms with E-state index in [9.17, 15) is 22.8 Å². The molecule has 0 aliphatic rings. The van der Waals surface area contributed by atoms with E-state index in [1.165, 1.54) is 18.2 Å². The number of carbonyl (C=O) groups excluding carboxylic acids is 2. The van der Waals surface area contributed by atoms with E-state index in [0.717, 1.165) is 6.07 Å². The van der Waals surface area contributed by atoms with Crippen LogP contribution in [-0.4, -0.2) is 36.0 Å². The topological polar surface area (TPSA) is 64.6 Å². The van der Waals surface area contributed by atoms with Gasteiger partial charge in [0.1, 0.15) is 12.1 Å². The summed E-state index contributed by atoms with van der Waals surface area (Å²) in [5.41, 5.74) is -2.02. The van der Waals surface area contributed by atoms with Crippen molar-refractivity contribution in [2.45, 2.75) is 38.7 Å². The van der Waals surface area contributed by atoms with Crippen molar-refractivity contribution in [1.82, 2.24) is 5.32 Å². The third-order valence-corrected chi connectivity index (χ3v) is 3.30. The molecule has 0 aliphatic carbocycles. The molecule has 1 aromatic rings. The Morgan fingerprint density at radius 3 is 2.35 bits per heavy atom. The fraction of sp³-hybridized carbons (Fsp3) is 0.529. The van der Waals surface area contributed by atoms with Gasteiger partial charge in [0.15, 0.2) is 6.10 Å². The highest BCUT2D eigenvalue weighted by molar-refractivity contribution is 9.09. The Hall–Kier alpha value is -1.61. The minimum atomic E-state index is -4.64. The Labute approximate surface area is 158 Å². The lowest BCUT2D eigenvalue weighted by molar-refractivity contribution is -0.155. The fourth-order valence-corrected chi connectivity index (χ4v) is 2.27. The van der Waals surface area contributed by atoms with Crippen LogP contribution in [0.2, 0.25) is 0 Å². The molecule has 1 aromatic carbocycles. The summed E-state index contributed by atoms with van der Waals surface area (Å²) in [5.74, 6) is -1.55. The van der Waals surface area contributed by atoms with Crippen LogP contribution >= 0.6 is 15.9 Å². The molecule has 0 aliphatic heterocycles. The van der Waals surface area contributed by atoms with Crippen LogP contribution in [-0.2, 0) is 25.2 Å². The summed E-state index contributed by atoms with van der Waals surface area (Å²) in [7, 11) is 0. The molecule has 9 heteroatoms. The van der Waals surface area contributed by atoms with Gasteiger partial charge in [0.25, 0.3) is 5.91 Å². The first-order valence-corrected chi connectivity index (χ1v) is 8.91. The van der Waals surface area contributed by atoms with Gasteiger partial charge in [0.05, 0.1) is 12.2 Å². The predicted molar refractivity (Wildman–Crippen MR) is 92.8 cm³/mol. The van der Waals surface area contributed by atoms with Crippen LogP contribution in [0.15, 0.2) is 24.3 Å². The summed E-state index contributed by atoms with van der Waals surface area (Å²) < 4.78 is 50.0. The van der Waals surface area contributed by atoms with Gasteiger partial charge in [0.2, 0.25) is 0 Å². The number of rotatable bonds is 7. The lowest BCUT2D eigenvalue weighted by Gasteiger charge is -2.22. The molecule has 1 unspecified atom stereocenters. The first-order valence-electron chi connectivity index (χ1n) is 7.79. The van der Waals surface area contributed by atoms with Crippen molar-refractivity contribution in [3.63, 3.8) is 0 Å². The van der Waals surface area contributed by atoms with Gasteiger partial charge < -0.3 is 14.8 Å². The normalized spacial score (nSPS) is 13.2. The SMILES string of the molecule is CC(C)(C)OC(=O)CNC(=O)C(OCCBr)c1ccccc1C(F)(F)F. The third-order valence-electron chi connectivity index (χ3n) is 2.98. The number of ether oxygens (including phenoxy) is 2. The Kier molecular flexibility index (Phi) is 8.08. The number of halogens is 4. The van der Waals surface area contributed by atoms with Crippen molar-refractivity contribution >= 4 is 27.8 Å². The summed E-state index contributed by atoms with van der Waals surface area (Å²) in [6, 6.07) is 4.67. The molecule has 1 N–H and O–H groups in total. The van der Waals surface area contributed by atoms with Crippen molar-refractivity contribution in [3.05, 3.63) is 35.4 Å². The Balaban J connectivity index is 2.97. The Morgan fingerprint density at radius 1 is 1.19 bits per heavy atom. The minimum Gasteiger partial charge on any atom is -0.459 e. The minimum absolute atomic E-state index is 0.0106. The molecule has 1 rings (SSSR count). The molecular formula is C17H21BrF3NO4. The first kappa shape index (κ1) is 22.4. The standard InChI is InChI=1S/C17H21BrF3NO4/c1-16(2,3)26-13(23)10-22-15(24)14(25-9-8-18)11-6-4-5-7-12(11)17(19,20)21/h4-7,14H,8-10H2,1-3H3,(H,22,24). The highest BCUT2D eigenvalue weighted by Crippen LogP contribution is 2.35. The van der Waals surface area contributed by atoms with E-state index >= 15 is 0 Å². The molecule has 0 saturated carbocycles. The lowest BCUT2D eigenvalue weighted by Crippen LogP contribution is -2.38. The molecule has 0 bridgehead atoms. The van der Waals surface area contributed by atoms with E-state index in [-0.39, 0.29) is 12.2 Å². The van der Waals surface area contributed by atoms with Gasteiger partial charge in [0, 0.05) is 10.9 Å². The second kappa shape index (κ2) is 9.36. The number of benzene rings is 1. The average molecular weight is 440 g/mol. The van der Waals surface area contributed by atoms with E-state index in [4.69, 9.17) is 9.47 Å². The van der Waals surface area contributed by atoms with Gasteiger partial charge in [-0.1, -0.05) is 34.1 Å². The molecule has 1 atom stereocenters. The Bertz CT molecular complexity index is 629. The maximum absolute atomic E-state index is 13.2. The van der Waals surface area contributed by atoms with E-state index in [0.29, 0.717) is 5.33 Å². The number of carbonyl (C=O) groups is 2. The second-order valence-corrected chi connectivity index (χ2v) is 7.12. The number of amides is 1. The van der Waals surface area contributed by atoms with Crippen LogP contribution in [0.4, 0.5) is 13.2 Å². The average Bonchev–Trinajstić information content (AvgIpc) is 2.51. The van der Waals surface area contributed by atoms with Gasteiger partial charge in [-0.2, -0.15) is 13.2 Å². The number of hydrogen-bond acceptors (Lipinski definition) is 4. The maximum atomic E-state index is 13.2. The van der Waals surface area contributed by atoms with Crippen molar-refractivity contribution in [2.75, 3.05) is 18.5 Å². The number of esters is 1. The molecule has 0 fully saturated rings. The summed E-state index contributed by atoms with van der Waals surface area (Å²) >= 11 is 3.10. The van der Waals surface area contributed by atoms with Crippen LogP contribution in [0.5, 0.6) is 0 Å². The van der Waals surface area contributed by atoms with E-state index in [2.05, 4.69) is 21.2 Å². The Morgan fingerprint density at radius 2 is 1.81 bits per heavy atom. The van der Waals surface area contributed by atoms with Gasteiger partial charge >= 0.3 is 12.1 Å². The number of hydrogen-bond donors (Lipinski definition) is 1. The van der Waals surface area contributed by atoms with Gasteiger partial charge in [-0.15, -0.1) is 0 Å². The van der Waals surface area contributed by atoms with E-state index < -0.39 is 41.9 Å². The van der Waals surface area contributed by atoms with Crippen LogP contribution < -0.4 is 5.32 Å². The molecule has 1 amide bonds. The zero-order valence-corrected chi connectivity index (χ0v) is 16.2. The maximum Gasteiger partial charge on any atom is 0.416 e. The molecule has 0 radical (unpaired) electrons. The highest BCUT2D eigenvalue weighted by atomic mass is 79.9. The third kappa shape index (κ3) is 7.33. The molecule has 0 heterocycles. The number of nitrogens with one attached hydrogen (secondary N) is 1. The molecule has 146 valence electrons. The van der Waals surface area contributed by atoms with Gasteiger partial charge in [-0.05, 0) is 26.8 Å². The highest BCUT2D eigenvalue weighted by Gasteiger charge is 2.37. The zero-order valence-electron chi connectivity index (χ0n) is 14.7. The largest absolute Gasteiger partial charge is 0.459 e. The summed E-state index contributed by atoms with van der Waals surface area (Å²) in [6.07, 6.45) is -6.15. The lowest BCUT2D eigenvalue weighted by atomic mass is 10.0. The van der Waals surface area contributed by atoms with Crippen LogP contribution in [0.1, 0.15) is 38.0 Å². The quantitative estimate of drug-likeness (QED) is 0.520. The molecule has 26 heavy (non-hydrogen) atoms. The van der Waals surface area contributed by atoms with E-state index in [1.54, 1.807) is 20.8 Å². The molecular weight excluding hydrogens is 419 g/mol. The van der Waals surface area contributed by atoms with Crippen molar-refractivity contribution in [3.8, 4) is 0 Å².